The van der Waals surface area contributed by atoms with Crippen LogP contribution in [0.15, 0.2) is 42.5 Å². The van der Waals surface area contributed by atoms with Crippen molar-refractivity contribution in [2.75, 3.05) is 7.11 Å². The van der Waals surface area contributed by atoms with Gasteiger partial charge >= 0.3 is 12.2 Å². The van der Waals surface area contributed by atoms with Gasteiger partial charge in [0.05, 0.1) is 13.2 Å². The van der Waals surface area contributed by atoms with Crippen LogP contribution in [-0.2, 0) is 0 Å². The monoisotopic (exact) mass is 424 g/mol. The Balaban J connectivity index is 2.18. The Kier molecular flexibility index (Phi) is 5.38. The van der Waals surface area contributed by atoms with Gasteiger partial charge in [0.2, 0.25) is 5.72 Å². The number of halogens is 3. The second kappa shape index (κ2) is 7.52. The number of benzene rings is 2. The van der Waals surface area contributed by atoms with Crippen molar-refractivity contribution in [1.29, 1.82) is 0 Å². The third-order valence-corrected chi connectivity index (χ3v) is 4.99. The maximum Gasteiger partial charge on any atom is 0.437 e. The molecule has 0 aromatic heterocycles. The molecule has 0 aliphatic carbocycles. The van der Waals surface area contributed by atoms with E-state index in [2.05, 4.69) is 5.32 Å². The molecule has 3 atom stereocenters. The number of hydrogen-bond acceptors (Lipinski definition) is 5. The first-order valence-corrected chi connectivity index (χ1v) is 8.83. The highest BCUT2D eigenvalue weighted by Gasteiger charge is 2.66. The molecule has 0 radical (unpaired) electrons. The zero-order valence-electron chi connectivity index (χ0n) is 15.9. The highest BCUT2D eigenvalue weighted by Crippen LogP contribution is 2.45. The topological polar surface area (TPSA) is 108 Å². The van der Waals surface area contributed by atoms with Gasteiger partial charge < -0.3 is 25.6 Å². The van der Waals surface area contributed by atoms with Gasteiger partial charge in [-0.2, -0.15) is 13.2 Å². The van der Waals surface area contributed by atoms with E-state index < -0.39 is 35.7 Å². The molecular formula is C20H19F3N2O5. The summed E-state index contributed by atoms with van der Waals surface area (Å²) in [6.07, 6.45) is -5.35. The second-order valence-electron chi connectivity index (χ2n) is 6.98. The molecule has 1 saturated heterocycles. The first-order chi connectivity index (χ1) is 14.0. The number of ketones is 1. The summed E-state index contributed by atoms with van der Waals surface area (Å²) >= 11 is 0. The van der Waals surface area contributed by atoms with E-state index >= 15 is 0 Å². The molecule has 7 nitrogen and oxygen atoms in total. The lowest BCUT2D eigenvalue weighted by Crippen LogP contribution is -2.72. The minimum atomic E-state index is -5.35. The number of hydrogen-bond donors (Lipinski definition) is 4. The zero-order valence-corrected chi connectivity index (χ0v) is 15.9. The number of Topliss-reactive ketones (excluding diaryl/α,β-unsaturated/α-hetero) is 1. The van der Waals surface area contributed by atoms with E-state index in [9.17, 15) is 33.0 Å². The first-order valence-electron chi connectivity index (χ1n) is 8.83. The third kappa shape index (κ3) is 3.65. The average molecular weight is 424 g/mol. The molecular weight excluding hydrogens is 405 g/mol. The summed E-state index contributed by atoms with van der Waals surface area (Å²) in [5, 5.41) is 24.1. The summed E-state index contributed by atoms with van der Waals surface area (Å²) in [5.41, 5.74) is -3.07. The Morgan fingerprint density at radius 3 is 2.37 bits per heavy atom. The second-order valence-corrected chi connectivity index (χ2v) is 6.98. The van der Waals surface area contributed by atoms with E-state index in [1.54, 1.807) is 19.1 Å². The number of aryl methyl sites for hydroxylation is 1. The van der Waals surface area contributed by atoms with Crippen molar-refractivity contribution < 1.29 is 37.7 Å². The fraction of sp³-hybridized carbons (Fsp3) is 0.300. The standard InChI is InChI=1S/C20H19F3N2O5/c1-10-3-5-11(6-4-10)17(27)15-16(12-7-8-13(26)14(9-12)30-2)24-18(28)25-19(15,29)20(21,22)23/h3-9,15-16,26,29H,1-2H3,(H2,24,25,28)/t15-,16+,19+/m0/s1. The Bertz CT molecular complexity index is 977. The highest BCUT2D eigenvalue weighted by molar-refractivity contribution is 6.00. The number of carbonyl (C=O) groups excluding carboxylic acids is 2. The van der Waals surface area contributed by atoms with E-state index in [-0.39, 0.29) is 22.6 Å². The molecule has 2 aromatic rings. The van der Waals surface area contributed by atoms with Gasteiger partial charge in [-0.15, -0.1) is 0 Å². The van der Waals surface area contributed by atoms with Crippen LogP contribution in [0.25, 0.3) is 0 Å². The number of rotatable bonds is 4. The molecule has 1 aliphatic rings. The Hall–Kier alpha value is -3.27. The van der Waals surface area contributed by atoms with Gasteiger partial charge in [0.15, 0.2) is 17.3 Å². The largest absolute Gasteiger partial charge is 0.504 e. The van der Waals surface area contributed by atoms with Crippen molar-refractivity contribution in [1.82, 2.24) is 10.6 Å². The fourth-order valence-electron chi connectivity index (χ4n) is 3.40. The number of alkyl halides is 3. The number of phenolic OH excluding ortho intramolecular Hbond substituents is 1. The third-order valence-electron chi connectivity index (χ3n) is 4.99. The summed E-state index contributed by atoms with van der Waals surface area (Å²) in [4.78, 5) is 25.2. The lowest BCUT2D eigenvalue weighted by Gasteiger charge is -2.45. The lowest BCUT2D eigenvalue weighted by atomic mass is 9.77. The van der Waals surface area contributed by atoms with Gasteiger partial charge in [-0.05, 0) is 24.6 Å². The summed E-state index contributed by atoms with van der Waals surface area (Å²) < 4.78 is 46.6. The minimum Gasteiger partial charge on any atom is -0.504 e. The van der Waals surface area contributed by atoms with Gasteiger partial charge in [-0.1, -0.05) is 35.9 Å². The molecule has 10 heteroatoms. The van der Waals surface area contributed by atoms with Crippen LogP contribution in [-0.4, -0.2) is 41.0 Å². The SMILES string of the molecule is COc1cc([C@H]2NC(=O)N[C@](O)(C(F)(F)F)[C@@H]2C(=O)c2ccc(C)cc2)ccc1O. The van der Waals surface area contributed by atoms with Crippen LogP contribution >= 0.6 is 0 Å². The van der Waals surface area contributed by atoms with Crippen LogP contribution in [0.4, 0.5) is 18.0 Å². The molecule has 0 bridgehead atoms. The number of amides is 2. The lowest BCUT2D eigenvalue weighted by molar-refractivity contribution is -0.287. The van der Waals surface area contributed by atoms with Crippen molar-refractivity contribution in [2.45, 2.75) is 24.9 Å². The Morgan fingerprint density at radius 1 is 1.17 bits per heavy atom. The molecule has 1 heterocycles. The molecule has 2 amide bonds. The van der Waals surface area contributed by atoms with E-state index in [1.165, 1.54) is 36.7 Å². The molecule has 1 aliphatic heterocycles. The predicted octanol–water partition coefficient (Wildman–Crippen LogP) is 2.81. The van der Waals surface area contributed by atoms with E-state index in [0.29, 0.717) is 0 Å². The fourth-order valence-corrected chi connectivity index (χ4v) is 3.40. The van der Waals surface area contributed by atoms with Gasteiger partial charge in [0, 0.05) is 5.56 Å². The van der Waals surface area contributed by atoms with Crippen molar-refractivity contribution >= 4 is 11.8 Å². The summed E-state index contributed by atoms with van der Waals surface area (Å²) in [6.45, 7) is 1.74. The number of phenols is 1. The zero-order chi connectivity index (χ0) is 22.3. The van der Waals surface area contributed by atoms with E-state index in [1.807, 2.05) is 0 Å². The number of aliphatic hydroxyl groups is 1. The normalized spacial score (nSPS) is 24.0. The number of ether oxygens (including phenoxy) is 1. The maximum absolute atomic E-state index is 13.9. The summed E-state index contributed by atoms with van der Waals surface area (Å²) in [5.74, 6) is -3.54. The van der Waals surface area contributed by atoms with Crippen LogP contribution in [0.1, 0.15) is 27.5 Å². The Labute approximate surface area is 169 Å². The number of carbonyl (C=O) groups is 2. The van der Waals surface area contributed by atoms with Crippen molar-refractivity contribution in [2.24, 2.45) is 5.92 Å². The first kappa shape index (κ1) is 21.4. The number of urea groups is 1. The molecule has 2 aromatic carbocycles. The highest BCUT2D eigenvalue weighted by atomic mass is 19.4. The van der Waals surface area contributed by atoms with Crippen LogP contribution in [0.2, 0.25) is 0 Å². The van der Waals surface area contributed by atoms with Crippen molar-refractivity contribution in [3.05, 3.63) is 59.2 Å². The summed E-state index contributed by atoms with van der Waals surface area (Å²) in [6, 6.07) is 6.51. The van der Waals surface area contributed by atoms with Gasteiger partial charge in [0.25, 0.3) is 0 Å². The molecule has 0 saturated carbocycles. The quantitative estimate of drug-likeness (QED) is 0.565. The van der Waals surface area contributed by atoms with Crippen LogP contribution < -0.4 is 15.4 Å². The van der Waals surface area contributed by atoms with E-state index in [0.717, 1.165) is 11.6 Å². The Morgan fingerprint density at radius 2 is 1.80 bits per heavy atom. The number of methoxy groups -OCH3 is 1. The van der Waals surface area contributed by atoms with Crippen molar-refractivity contribution in [3.8, 4) is 11.5 Å². The minimum absolute atomic E-state index is 0.0348. The molecule has 160 valence electrons. The molecule has 30 heavy (non-hydrogen) atoms. The molecule has 0 unspecified atom stereocenters. The van der Waals surface area contributed by atoms with Crippen molar-refractivity contribution in [3.63, 3.8) is 0 Å². The molecule has 4 N–H and O–H groups in total. The van der Waals surface area contributed by atoms with E-state index in [4.69, 9.17) is 4.74 Å². The van der Waals surface area contributed by atoms with Gasteiger partial charge in [-0.25, -0.2) is 4.79 Å². The predicted molar refractivity (Wildman–Crippen MR) is 99.1 cm³/mol. The molecule has 0 spiro atoms. The van der Waals surface area contributed by atoms with Gasteiger partial charge in [0.1, 0.15) is 5.92 Å². The van der Waals surface area contributed by atoms with Crippen LogP contribution in [0.5, 0.6) is 11.5 Å². The maximum atomic E-state index is 13.9. The smallest absolute Gasteiger partial charge is 0.437 e. The van der Waals surface area contributed by atoms with Gasteiger partial charge in [-0.3, -0.25) is 4.79 Å². The average Bonchev–Trinajstić information content (AvgIpc) is 2.67. The van der Waals surface area contributed by atoms with Crippen LogP contribution in [0.3, 0.4) is 0 Å². The molecule has 3 rings (SSSR count). The molecule has 1 fully saturated rings. The van der Waals surface area contributed by atoms with Crippen LogP contribution in [0, 0.1) is 12.8 Å². The number of aromatic hydroxyl groups is 1. The summed E-state index contributed by atoms with van der Waals surface area (Å²) in [7, 11) is 1.24. The number of nitrogens with one attached hydrogen (secondary N) is 2.